The summed E-state index contributed by atoms with van der Waals surface area (Å²) in [4.78, 5) is 13.9. The minimum Gasteiger partial charge on any atom is -0.305 e. The highest BCUT2D eigenvalue weighted by Gasteiger charge is 2.21. The van der Waals surface area contributed by atoms with E-state index in [4.69, 9.17) is 0 Å². The van der Waals surface area contributed by atoms with E-state index in [2.05, 4.69) is 58.1 Å². The maximum absolute atomic E-state index is 4.53. The smallest absolute Gasteiger partial charge is 0.187 e. The maximum atomic E-state index is 4.53. The van der Waals surface area contributed by atoms with Crippen molar-refractivity contribution in [3.05, 3.63) is 53.9 Å². The second kappa shape index (κ2) is 8.60. The molecule has 0 N–H and O–H groups in total. The Kier molecular flexibility index (Phi) is 6.24. The van der Waals surface area contributed by atoms with E-state index in [1.807, 2.05) is 18.5 Å². The van der Waals surface area contributed by atoms with E-state index in [1.165, 1.54) is 30.5 Å². The lowest BCUT2D eigenvalue weighted by molar-refractivity contribution is 0.127. The molecule has 0 amide bonds. The van der Waals surface area contributed by atoms with Crippen LogP contribution < -0.4 is 0 Å². The third kappa shape index (κ3) is 5.03. The summed E-state index contributed by atoms with van der Waals surface area (Å²) < 4.78 is 0. The summed E-state index contributed by atoms with van der Waals surface area (Å²) in [5.41, 5.74) is 2.51. The van der Waals surface area contributed by atoms with Crippen LogP contribution in [0.25, 0.3) is 0 Å². The molecular formula is C19H26N4S. The number of benzene rings is 1. The Morgan fingerprint density at radius 3 is 2.58 bits per heavy atom. The van der Waals surface area contributed by atoms with Gasteiger partial charge in [0.15, 0.2) is 5.16 Å². The number of piperidine rings is 1. The van der Waals surface area contributed by atoms with Gasteiger partial charge in [0.2, 0.25) is 0 Å². The van der Waals surface area contributed by atoms with E-state index in [-0.39, 0.29) is 0 Å². The Labute approximate surface area is 149 Å². The van der Waals surface area contributed by atoms with Crippen LogP contribution in [0, 0.1) is 0 Å². The molecule has 1 aliphatic rings. The monoisotopic (exact) mass is 342 g/mol. The van der Waals surface area contributed by atoms with Gasteiger partial charge in [0.1, 0.15) is 0 Å². The van der Waals surface area contributed by atoms with Gasteiger partial charge in [-0.15, -0.1) is 0 Å². The van der Waals surface area contributed by atoms with E-state index < -0.39 is 0 Å². The number of nitrogens with zero attached hydrogens (tertiary/aromatic N) is 4. The van der Waals surface area contributed by atoms with Gasteiger partial charge < -0.3 is 4.90 Å². The molecule has 0 unspecified atom stereocenters. The first-order valence-electron chi connectivity index (χ1n) is 8.57. The molecule has 2 aromatic rings. The Balaban J connectivity index is 1.51. The van der Waals surface area contributed by atoms with E-state index in [0.29, 0.717) is 6.04 Å². The number of hydrogen-bond donors (Lipinski definition) is 0. The van der Waals surface area contributed by atoms with Crippen molar-refractivity contribution in [1.82, 2.24) is 19.8 Å². The Hall–Kier alpha value is -1.43. The number of likely N-dealkylation sites (tertiary alicyclic amines) is 1. The molecule has 4 nitrogen and oxygen atoms in total. The molecule has 1 aromatic heterocycles. The van der Waals surface area contributed by atoms with Crippen LogP contribution in [0.5, 0.6) is 0 Å². The lowest BCUT2D eigenvalue weighted by Gasteiger charge is -2.36. The molecule has 2 heterocycles. The molecule has 0 aliphatic carbocycles. The number of hydrogen-bond acceptors (Lipinski definition) is 5. The third-order valence-corrected chi connectivity index (χ3v) is 5.46. The minimum absolute atomic E-state index is 0.667. The molecule has 0 saturated carbocycles. The van der Waals surface area contributed by atoms with E-state index in [0.717, 1.165) is 24.0 Å². The third-order valence-electron chi connectivity index (χ3n) is 4.51. The molecule has 0 bridgehead atoms. The summed E-state index contributed by atoms with van der Waals surface area (Å²) in [6.45, 7) is 3.26. The number of likely N-dealkylation sites (N-methyl/N-ethyl adjacent to an activating group) is 1. The fraction of sp³-hybridized carbons (Fsp3) is 0.474. The van der Waals surface area contributed by atoms with Crippen molar-refractivity contribution in [3.63, 3.8) is 0 Å². The predicted octanol–water partition coefficient (Wildman–Crippen LogP) is 3.29. The standard InChI is InChI=1S/C19H26N4S/c1-22(2)18-9-6-10-23(14-18)13-17-11-20-19(21-12-17)24-15-16-7-4-3-5-8-16/h3-5,7-8,11-12,18H,6,9-10,13-15H2,1-2H3/t18-/m1/s1. The fourth-order valence-electron chi connectivity index (χ4n) is 3.08. The summed E-state index contributed by atoms with van der Waals surface area (Å²) in [7, 11) is 4.35. The molecule has 0 spiro atoms. The quantitative estimate of drug-likeness (QED) is 0.594. The van der Waals surface area contributed by atoms with Gasteiger partial charge in [-0.1, -0.05) is 42.1 Å². The van der Waals surface area contributed by atoms with Crippen LogP contribution in [-0.4, -0.2) is 53.0 Å². The Morgan fingerprint density at radius 2 is 1.88 bits per heavy atom. The molecule has 128 valence electrons. The zero-order chi connectivity index (χ0) is 16.8. The second-order valence-corrected chi connectivity index (χ2v) is 7.59. The van der Waals surface area contributed by atoms with Crippen molar-refractivity contribution in [2.75, 3.05) is 27.2 Å². The Bertz CT molecular complexity index is 615. The van der Waals surface area contributed by atoms with Crippen LogP contribution in [0.3, 0.4) is 0 Å². The first-order chi connectivity index (χ1) is 11.7. The van der Waals surface area contributed by atoms with Crippen molar-refractivity contribution >= 4 is 11.8 Å². The molecule has 5 heteroatoms. The summed E-state index contributed by atoms with van der Waals surface area (Å²) in [5.74, 6) is 0.914. The van der Waals surface area contributed by atoms with Crippen LogP contribution in [0.4, 0.5) is 0 Å². The maximum Gasteiger partial charge on any atom is 0.187 e. The van der Waals surface area contributed by atoms with Crippen LogP contribution in [-0.2, 0) is 12.3 Å². The SMILES string of the molecule is CN(C)[C@@H]1CCCN(Cc2cnc(SCc3ccccc3)nc2)C1. The molecule has 3 rings (SSSR count). The van der Waals surface area contributed by atoms with E-state index in [9.17, 15) is 0 Å². The molecule has 1 aromatic carbocycles. The van der Waals surface area contributed by atoms with Crippen LogP contribution in [0.1, 0.15) is 24.0 Å². The van der Waals surface area contributed by atoms with Crippen LogP contribution in [0.2, 0.25) is 0 Å². The highest BCUT2D eigenvalue weighted by atomic mass is 32.2. The van der Waals surface area contributed by atoms with Gasteiger partial charge in [-0.3, -0.25) is 4.90 Å². The summed E-state index contributed by atoms with van der Waals surface area (Å²) in [5, 5.41) is 0.854. The second-order valence-electron chi connectivity index (χ2n) is 6.64. The minimum atomic E-state index is 0.667. The van der Waals surface area contributed by atoms with Gasteiger partial charge >= 0.3 is 0 Å². The molecule has 0 radical (unpaired) electrons. The lowest BCUT2D eigenvalue weighted by atomic mass is 10.0. The fourth-order valence-corrected chi connectivity index (χ4v) is 3.82. The van der Waals surface area contributed by atoms with Gasteiger partial charge in [-0.25, -0.2) is 9.97 Å². The first kappa shape index (κ1) is 17.4. The Morgan fingerprint density at radius 1 is 1.12 bits per heavy atom. The van der Waals surface area contributed by atoms with Crippen molar-refractivity contribution in [1.29, 1.82) is 0 Å². The average molecular weight is 343 g/mol. The molecule has 1 fully saturated rings. The normalized spacial score (nSPS) is 18.9. The molecular weight excluding hydrogens is 316 g/mol. The lowest BCUT2D eigenvalue weighted by Crippen LogP contribution is -2.44. The highest BCUT2D eigenvalue weighted by molar-refractivity contribution is 7.98. The number of aromatic nitrogens is 2. The number of thioether (sulfide) groups is 1. The van der Waals surface area contributed by atoms with Crippen molar-refractivity contribution in [2.45, 2.75) is 36.3 Å². The van der Waals surface area contributed by atoms with E-state index >= 15 is 0 Å². The molecule has 24 heavy (non-hydrogen) atoms. The van der Waals surface area contributed by atoms with Gasteiger partial charge in [0, 0.05) is 42.8 Å². The van der Waals surface area contributed by atoms with Crippen LogP contribution >= 0.6 is 11.8 Å². The highest BCUT2D eigenvalue weighted by Crippen LogP contribution is 2.20. The zero-order valence-electron chi connectivity index (χ0n) is 14.6. The predicted molar refractivity (Wildman–Crippen MR) is 100 cm³/mol. The zero-order valence-corrected chi connectivity index (χ0v) is 15.4. The van der Waals surface area contributed by atoms with Gasteiger partial charge in [-0.2, -0.15) is 0 Å². The van der Waals surface area contributed by atoms with Gasteiger partial charge in [0.25, 0.3) is 0 Å². The van der Waals surface area contributed by atoms with Crippen molar-refractivity contribution in [3.8, 4) is 0 Å². The van der Waals surface area contributed by atoms with E-state index in [1.54, 1.807) is 11.8 Å². The largest absolute Gasteiger partial charge is 0.305 e. The number of rotatable bonds is 6. The van der Waals surface area contributed by atoms with Crippen molar-refractivity contribution < 1.29 is 0 Å². The topological polar surface area (TPSA) is 32.3 Å². The summed E-state index contributed by atoms with van der Waals surface area (Å²) in [6.07, 6.45) is 6.54. The molecule has 1 aliphatic heterocycles. The summed E-state index contributed by atoms with van der Waals surface area (Å²) in [6, 6.07) is 11.1. The average Bonchev–Trinajstić information content (AvgIpc) is 2.62. The molecule has 1 saturated heterocycles. The van der Waals surface area contributed by atoms with Crippen LogP contribution in [0.15, 0.2) is 47.9 Å². The molecule has 1 atom stereocenters. The van der Waals surface area contributed by atoms with Gasteiger partial charge in [0.05, 0.1) is 0 Å². The van der Waals surface area contributed by atoms with Crippen molar-refractivity contribution in [2.24, 2.45) is 0 Å². The first-order valence-corrected chi connectivity index (χ1v) is 9.55. The van der Waals surface area contributed by atoms with Gasteiger partial charge in [-0.05, 0) is 39.0 Å². The summed E-state index contributed by atoms with van der Waals surface area (Å²) >= 11 is 1.69.